The molecule has 2 aromatic heterocycles. The summed E-state index contributed by atoms with van der Waals surface area (Å²) in [5.41, 5.74) is 2.11. The average molecular weight is 408 g/mol. The van der Waals surface area contributed by atoms with Crippen LogP contribution in [0.2, 0.25) is 0 Å². The van der Waals surface area contributed by atoms with Crippen LogP contribution >= 0.6 is 23.1 Å². The van der Waals surface area contributed by atoms with Crippen molar-refractivity contribution >= 4 is 46.5 Å². The predicted molar refractivity (Wildman–Crippen MR) is 115 cm³/mol. The minimum absolute atomic E-state index is 0.0976. The molecule has 1 aliphatic rings. The van der Waals surface area contributed by atoms with Crippen molar-refractivity contribution in [2.75, 3.05) is 0 Å². The SMILES string of the molecule is Cc1ccccc1/C=N/N=C1\S/C(=C\c2cccs2)C(=O)N1Cc1ccco1. The van der Waals surface area contributed by atoms with E-state index in [1.807, 2.05) is 60.8 Å². The van der Waals surface area contributed by atoms with Gasteiger partial charge in [-0.1, -0.05) is 30.3 Å². The molecule has 1 fully saturated rings. The molecule has 0 bridgehead atoms. The highest BCUT2D eigenvalue weighted by molar-refractivity contribution is 8.18. The van der Waals surface area contributed by atoms with E-state index in [2.05, 4.69) is 10.2 Å². The number of rotatable bonds is 5. The Morgan fingerprint density at radius 2 is 2.04 bits per heavy atom. The molecule has 0 N–H and O–H groups in total. The van der Waals surface area contributed by atoms with Crippen molar-refractivity contribution in [3.05, 3.63) is 86.8 Å². The summed E-state index contributed by atoms with van der Waals surface area (Å²) in [6.07, 6.45) is 5.19. The molecule has 0 saturated carbocycles. The number of carbonyl (C=O) groups excluding carboxylic acids is 1. The van der Waals surface area contributed by atoms with Gasteiger partial charge in [-0.05, 0) is 59.5 Å². The highest BCUT2D eigenvalue weighted by Gasteiger charge is 2.34. The molecule has 5 nitrogen and oxygen atoms in total. The van der Waals surface area contributed by atoms with Crippen LogP contribution in [0.5, 0.6) is 0 Å². The quantitative estimate of drug-likeness (QED) is 0.334. The first-order valence-electron chi connectivity index (χ1n) is 8.64. The molecule has 0 unspecified atom stereocenters. The molecule has 4 rings (SSSR count). The molecule has 0 atom stereocenters. The third-order valence-electron chi connectivity index (χ3n) is 4.13. The highest BCUT2D eigenvalue weighted by Crippen LogP contribution is 2.34. The van der Waals surface area contributed by atoms with Crippen LogP contribution in [0.25, 0.3) is 6.08 Å². The van der Waals surface area contributed by atoms with E-state index in [-0.39, 0.29) is 5.91 Å². The van der Waals surface area contributed by atoms with Crippen LogP contribution in [0.3, 0.4) is 0 Å². The van der Waals surface area contributed by atoms with Crippen LogP contribution in [0.4, 0.5) is 0 Å². The van der Waals surface area contributed by atoms with Gasteiger partial charge < -0.3 is 4.42 Å². The van der Waals surface area contributed by atoms with Gasteiger partial charge in [-0.3, -0.25) is 9.69 Å². The minimum Gasteiger partial charge on any atom is -0.467 e. The van der Waals surface area contributed by atoms with Gasteiger partial charge in [-0.2, -0.15) is 5.10 Å². The highest BCUT2D eigenvalue weighted by atomic mass is 32.2. The summed E-state index contributed by atoms with van der Waals surface area (Å²) in [4.78, 5) is 16.2. The zero-order valence-electron chi connectivity index (χ0n) is 15.1. The maximum absolute atomic E-state index is 12.9. The van der Waals surface area contributed by atoms with Gasteiger partial charge in [0.05, 0.1) is 23.9 Å². The Balaban J connectivity index is 1.62. The molecule has 1 saturated heterocycles. The molecule has 28 heavy (non-hydrogen) atoms. The number of aryl methyl sites for hydroxylation is 1. The second-order valence-electron chi connectivity index (χ2n) is 6.08. The zero-order chi connectivity index (χ0) is 19.3. The monoisotopic (exact) mass is 407 g/mol. The van der Waals surface area contributed by atoms with Gasteiger partial charge in [0.1, 0.15) is 5.76 Å². The van der Waals surface area contributed by atoms with Gasteiger partial charge in [0.2, 0.25) is 0 Å². The first-order valence-corrected chi connectivity index (χ1v) is 10.3. The Hall–Kier alpha value is -2.90. The summed E-state index contributed by atoms with van der Waals surface area (Å²) in [6, 6.07) is 15.5. The van der Waals surface area contributed by atoms with Gasteiger partial charge >= 0.3 is 0 Å². The number of benzene rings is 1. The summed E-state index contributed by atoms with van der Waals surface area (Å²) in [5.74, 6) is 0.599. The van der Waals surface area contributed by atoms with E-state index in [9.17, 15) is 4.79 Å². The second-order valence-corrected chi connectivity index (χ2v) is 8.07. The fourth-order valence-corrected chi connectivity index (χ4v) is 4.31. The Kier molecular flexibility index (Phi) is 5.55. The first-order chi connectivity index (χ1) is 13.7. The molecular weight excluding hydrogens is 390 g/mol. The van der Waals surface area contributed by atoms with Crippen LogP contribution in [-0.4, -0.2) is 22.2 Å². The number of nitrogens with zero attached hydrogens (tertiary/aromatic N) is 3. The summed E-state index contributed by atoms with van der Waals surface area (Å²) < 4.78 is 5.41. The smallest absolute Gasteiger partial charge is 0.267 e. The molecule has 0 aliphatic carbocycles. The molecule has 1 aromatic carbocycles. The summed E-state index contributed by atoms with van der Waals surface area (Å²) in [7, 11) is 0. The molecular formula is C21H17N3O2S2. The van der Waals surface area contributed by atoms with E-state index in [4.69, 9.17) is 4.42 Å². The summed E-state index contributed by atoms with van der Waals surface area (Å²) >= 11 is 2.91. The van der Waals surface area contributed by atoms with Gasteiger partial charge in [-0.15, -0.1) is 16.4 Å². The third-order valence-corrected chi connectivity index (χ3v) is 5.94. The molecule has 0 radical (unpaired) electrons. The number of amides is 1. The zero-order valence-corrected chi connectivity index (χ0v) is 16.7. The lowest BCUT2D eigenvalue weighted by Gasteiger charge is -2.12. The first kappa shape index (κ1) is 18.5. The minimum atomic E-state index is -0.0976. The largest absolute Gasteiger partial charge is 0.467 e. The Morgan fingerprint density at radius 1 is 1.14 bits per heavy atom. The van der Waals surface area contributed by atoms with Crippen molar-refractivity contribution in [1.29, 1.82) is 0 Å². The van der Waals surface area contributed by atoms with Gasteiger partial charge in [-0.25, -0.2) is 0 Å². The fourth-order valence-electron chi connectivity index (χ4n) is 2.66. The molecule has 140 valence electrons. The number of carbonyl (C=O) groups is 1. The van der Waals surface area contributed by atoms with Crippen LogP contribution in [0.15, 0.2) is 79.7 Å². The van der Waals surface area contributed by atoms with E-state index in [0.29, 0.717) is 22.4 Å². The maximum Gasteiger partial charge on any atom is 0.267 e. The maximum atomic E-state index is 12.9. The molecule has 0 spiro atoms. The van der Waals surface area contributed by atoms with E-state index in [1.54, 1.807) is 34.8 Å². The van der Waals surface area contributed by atoms with E-state index in [1.165, 1.54) is 11.8 Å². The molecule has 1 amide bonds. The van der Waals surface area contributed by atoms with Gasteiger partial charge in [0.15, 0.2) is 5.17 Å². The average Bonchev–Trinajstić information content (AvgIpc) is 3.44. The Labute approximate surface area is 171 Å². The summed E-state index contributed by atoms with van der Waals surface area (Å²) in [5, 5.41) is 11.1. The van der Waals surface area contributed by atoms with Crippen LogP contribution in [-0.2, 0) is 11.3 Å². The van der Waals surface area contributed by atoms with E-state index in [0.717, 1.165) is 16.0 Å². The Bertz CT molecular complexity index is 1050. The Morgan fingerprint density at radius 3 is 2.79 bits per heavy atom. The topological polar surface area (TPSA) is 58.2 Å². The number of thioether (sulfide) groups is 1. The van der Waals surface area contributed by atoms with Crippen LogP contribution in [0.1, 0.15) is 21.8 Å². The number of hydrogen-bond acceptors (Lipinski definition) is 6. The second kappa shape index (κ2) is 8.41. The van der Waals surface area contributed by atoms with Crippen molar-refractivity contribution in [2.24, 2.45) is 10.2 Å². The number of furan rings is 1. The van der Waals surface area contributed by atoms with Crippen molar-refractivity contribution in [2.45, 2.75) is 13.5 Å². The van der Waals surface area contributed by atoms with Crippen molar-refractivity contribution in [1.82, 2.24) is 4.90 Å². The number of hydrogen-bond donors (Lipinski definition) is 0. The number of amidine groups is 1. The lowest BCUT2D eigenvalue weighted by Crippen LogP contribution is -2.28. The van der Waals surface area contributed by atoms with Crippen molar-refractivity contribution in [3.63, 3.8) is 0 Å². The normalized spacial score (nSPS) is 17.5. The molecule has 1 aliphatic heterocycles. The third kappa shape index (κ3) is 4.16. The van der Waals surface area contributed by atoms with Crippen molar-refractivity contribution in [3.8, 4) is 0 Å². The van der Waals surface area contributed by atoms with E-state index < -0.39 is 0 Å². The van der Waals surface area contributed by atoms with E-state index >= 15 is 0 Å². The molecule has 7 heteroatoms. The predicted octanol–water partition coefficient (Wildman–Crippen LogP) is 5.16. The molecule has 3 heterocycles. The number of thiophene rings is 1. The van der Waals surface area contributed by atoms with Crippen LogP contribution < -0.4 is 0 Å². The molecule has 3 aromatic rings. The van der Waals surface area contributed by atoms with Gasteiger partial charge in [0, 0.05) is 4.88 Å². The standard InChI is InChI=1S/C21H17N3O2S2/c1-15-6-2-3-7-16(15)13-22-23-21-24(14-17-8-4-10-26-17)20(25)19(28-21)12-18-9-5-11-27-18/h2-13H,14H2,1H3/b19-12-,22-13+,23-21-. The lowest BCUT2D eigenvalue weighted by atomic mass is 10.1. The summed E-state index contributed by atoms with van der Waals surface area (Å²) in [6.45, 7) is 2.34. The van der Waals surface area contributed by atoms with Crippen molar-refractivity contribution < 1.29 is 9.21 Å². The fraction of sp³-hybridized carbons (Fsp3) is 0.0952. The lowest BCUT2D eigenvalue weighted by molar-refractivity contribution is -0.122. The van der Waals surface area contributed by atoms with Crippen LogP contribution in [0, 0.1) is 6.92 Å². The van der Waals surface area contributed by atoms with Gasteiger partial charge in [0.25, 0.3) is 5.91 Å².